The number of hydrogen-bond donors (Lipinski definition) is 2. The van der Waals surface area contributed by atoms with Gasteiger partial charge in [0.1, 0.15) is 12.1 Å². The molecule has 0 aliphatic carbocycles. The second kappa shape index (κ2) is 11.2. The van der Waals surface area contributed by atoms with Crippen LogP contribution < -0.4 is 15.4 Å². The molecule has 0 aliphatic heterocycles. The van der Waals surface area contributed by atoms with Crippen molar-refractivity contribution in [2.75, 3.05) is 39.6 Å². The van der Waals surface area contributed by atoms with Crippen molar-refractivity contribution in [3.8, 4) is 33.7 Å². The maximum absolute atomic E-state index is 12.1. The van der Waals surface area contributed by atoms with Crippen molar-refractivity contribution in [2.45, 2.75) is 0 Å². The largest absolute Gasteiger partial charge is 0.497 e. The minimum atomic E-state index is -0.206. The third-order valence-electron chi connectivity index (χ3n) is 6.42. The number of hydrogen-bond acceptors (Lipinski definition) is 4. The highest BCUT2D eigenvalue weighted by molar-refractivity contribution is 5.90. The quantitative estimate of drug-likeness (QED) is 0.269. The Kier molecular flexibility index (Phi) is 7.38. The van der Waals surface area contributed by atoms with Gasteiger partial charge in [0.15, 0.2) is 0 Å². The highest BCUT2D eigenvalue weighted by atomic mass is 16.5. The molecule has 7 nitrogen and oxygen atoms in total. The number of likely N-dealkylation sites (N-methyl/N-ethyl adjacent to an activating group) is 1. The average Bonchev–Trinajstić information content (AvgIpc) is 3.37. The molecule has 1 aromatic heterocycles. The molecule has 2 amide bonds. The zero-order chi connectivity index (χ0) is 26.5. The first-order valence-electron chi connectivity index (χ1n) is 12.5. The number of benzene rings is 4. The number of carbonyl (C=O) groups excluding carboxylic acids is 1. The first-order chi connectivity index (χ1) is 18.5. The summed E-state index contributed by atoms with van der Waals surface area (Å²) < 4.78 is 7.46. The molecule has 5 aromatic rings. The normalized spacial score (nSPS) is 11.1. The number of aromatic nitrogens is 2. The summed E-state index contributed by atoms with van der Waals surface area (Å²) in [6, 6.07) is 30.4. The van der Waals surface area contributed by atoms with Crippen LogP contribution in [0.25, 0.3) is 39.0 Å². The van der Waals surface area contributed by atoms with Crippen LogP contribution in [0.5, 0.6) is 5.75 Å². The lowest BCUT2D eigenvalue weighted by Crippen LogP contribution is -2.34. The van der Waals surface area contributed by atoms with Gasteiger partial charge in [-0.25, -0.2) is 9.78 Å². The van der Waals surface area contributed by atoms with Crippen LogP contribution in [0.2, 0.25) is 0 Å². The zero-order valence-corrected chi connectivity index (χ0v) is 21.8. The van der Waals surface area contributed by atoms with Gasteiger partial charge in [-0.1, -0.05) is 42.5 Å². The molecule has 0 saturated carbocycles. The first kappa shape index (κ1) is 25.0. The van der Waals surface area contributed by atoms with Crippen molar-refractivity contribution in [2.24, 2.45) is 0 Å². The van der Waals surface area contributed by atoms with Crippen molar-refractivity contribution in [1.82, 2.24) is 19.8 Å². The van der Waals surface area contributed by atoms with Crippen molar-refractivity contribution in [1.29, 1.82) is 0 Å². The van der Waals surface area contributed by atoms with E-state index in [0.717, 1.165) is 57.0 Å². The molecule has 0 aliphatic rings. The summed E-state index contributed by atoms with van der Waals surface area (Å²) in [4.78, 5) is 18.7. The molecule has 0 fully saturated rings. The van der Waals surface area contributed by atoms with Gasteiger partial charge in [0.2, 0.25) is 0 Å². The minimum Gasteiger partial charge on any atom is -0.497 e. The monoisotopic (exact) mass is 505 g/mol. The van der Waals surface area contributed by atoms with Gasteiger partial charge in [0.05, 0.1) is 18.1 Å². The third kappa shape index (κ3) is 5.68. The molecular formula is C31H31N5O2. The fourth-order valence-electron chi connectivity index (χ4n) is 4.32. The van der Waals surface area contributed by atoms with E-state index in [1.807, 2.05) is 73.9 Å². The van der Waals surface area contributed by atoms with E-state index in [4.69, 9.17) is 4.74 Å². The molecule has 2 N–H and O–H groups in total. The van der Waals surface area contributed by atoms with Crippen LogP contribution in [-0.2, 0) is 0 Å². The van der Waals surface area contributed by atoms with Crippen LogP contribution >= 0.6 is 0 Å². The number of rotatable bonds is 8. The van der Waals surface area contributed by atoms with Crippen LogP contribution in [0.3, 0.4) is 0 Å². The van der Waals surface area contributed by atoms with E-state index in [1.165, 1.54) is 0 Å². The molecule has 0 atom stereocenters. The maximum Gasteiger partial charge on any atom is 0.319 e. The number of nitrogens with one attached hydrogen (secondary N) is 2. The van der Waals surface area contributed by atoms with Crippen molar-refractivity contribution in [3.05, 3.63) is 97.3 Å². The number of nitrogens with zero attached hydrogens (tertiary/aromatic N) is 3. The van der Waals surface area contributed by atoms with E-state index in [0.29, 0.717) is 6.54 Å². The Morgan fingerprint density at radius 1 is 0.868 bits per heavy atom. The van der Waals surface area contributed by atoms with Crippen LogP contribution in [0.4, 0.5) is 10.5 Å². The van der Waals surface area contributed by atoms with Crippen molar-refractivity contribution >= 4 is 22.8 Å². The number of fused-ring (bicyclic) bond motifs is 1. The Labute approximate surface area is 222 Å². The Balaban J connectivity index is 1.34. The fourth-order valence-corrected chi connectivity index (χ4v) is 4.32. The lowest BCUT2D eigenvalue weighted by molar-refractivity contribution is 0.250. The highest BCUT2D eigenvalue weighted by Crippen LogP contribution is 2.29. The first-order valence-corrected chi connectivity index (χ1v) is 12.5. The summed E-state index contributed by atoms with van der Waals surface area (Å²) in [7, 11) is 5.63. The van der Waals surface area contributed by atoms with E-state index >= 15 is 0 Å². The number of ether oxygens (including phenoxy) is 1. The summed E-state index contributed by atoms with van der Waals surface area (Å²) in [5.41, 5.74) is 8.11. The summed E-state index contributed by atoms with van der Waals surface area (Å²) in [6.07, 6.45) is 1.86. The van der Waals surface area contributed by atoms with Gasteiger partial charge in [-0.2, -0.15) is 0 Å². The third-order valence-corrected chi connectivity index (χ3v) is 6.42. The van der Waals surface area contributed by atoms with Gasteiger partial charge >= 0.3 is 6.03 Å². The molecule has 0 saturated heterocycles. The lowest BCUT2D eigenvalue weighted by atomic mass is 10.0. The number of amides is 2. The van der Waals surface area contributed by atoms with Gasteiger partial charge in [0.25, 0.3) is 0 Å². The molecule has 1 heterocycles. The Bertz CT molecular complexity index is 1540. The predicted molar refractivity (Wildman–Crippen MR) is 154 cm³/mol. The van der Waals surface area contributed by atoms with Gasteiger partial charge in [-0.3, -0.25) is 4.57 Å². The number of imidazole rings is 1. The molecule has 5 rings (SSSR count). The van der Waals surface area contributed by atoms with Crippen molar-refractivity contribution in [3.63, 3.8) is 0 Å². The van der Waals surface area contributed by atoms with E-state index in [2.05, 4.69) is 62.6 Å². The molecular weight excluding hydrogens is 474 g/mol. The Morgan fingerprint density at radius 3 is 2.26 bits per heavy atom. The highest BCUT2D eigenvalue weighted by Gasteiger charge is 2.09. The molecule has 4 aromatic carbocycles. The van der Waals surface area contributed by atoms with Crippen LogP contribution in [0, 0.1) is 0 Å². The topological polar surface area (TPSA) is 71.4 Å². The van der Waals surface area contributed by atoms with E-state index in [1.54, 1.807) is 7.11 Å². The summed E-state index contributed by atoms with van der Waals surface area (Å²) in [5, 5.41) is 5.74. The summed E-state index contributed by atoms with van der Waals surface area (Å²) >= 11 is 0. The average molecular weight is 506 g/mol. The summed E-state index contributed by atoms with van der Waals surface area (Å²) in [6.45, 7) is 1.38. The zero-order valence-electron chi connectivity index (χ0n) is 21.8. The Morgan fingerprint density at radius 2 is 1.55 bits per heavy atom. The van der Waals surface area contributed by atoms with Crippen LogP contribution in [0.1, 0.15) is 0 Å². The molecule has 0 unspecified atom stereocenters. The summed E-state index contributed by atoms with van der Waals surface area (Å²) in [5.74, 6) is 0.840. The van der Waals surface area contributed by atoms with Crippen molar-refractivity contribution < 1.29 is 9.53 Å². The number of anilines is 1. The lowest BCUT2D eigenvalue weighted by Gasteiger charge is -2.12. The maximum atomic E-state index is 12.1. The second-order valence-electron chi connectivity index (χ2n) is 9.36. The van der Waals surface area contributed by atoms with E-state index < -0.39 is 0 Å². The molecule has 0 bridgehead atoms. The minimum absolute atomic E-state index is 0.206. The SMILES string of the molecule is COc1cccc(-c2ccc(-n3cnc4ccc(-c5ccc(NC(=O)NCCN(C)C)cc5)cc43)cc2)c1. The van der Waals surface area contributed by atoms with Crippen LogP contribution in [0.15, 0.2) is 97.3 Å². The standard InChI is InChI=1S/C31H31N5O2/c1-35(2)18-17-32-31(37)34-26-12-7-22(8-13-26)25-11-16-29-30(20-25)36(21-33-29)27-14-9-23(10-15-27)24-5-4-6-28(19-24)38-3/h4-16,19-21H,17-18H2,1-3H3,(H2,32,34,37). The van der Waals surface area contributed by atoms with Gasteiger partial charge < -0.3 is 20.3 Å². The number of methoxy groups -OCH3 is 1. The molecule has 0 spiro atoms. The molecule has 0 radical (unpaired) electrons. The van der Waals surface area contributed by atoms with Gasteiger partial charge in [0, 0.05) is 24.5 Å². The molecule has 38 heavy (non-hydrogen) atoms. The molecule has 7 heteroatoms. The number of urea groups is 1. The smallest absolute Gasteiger partial charge is 0.319 e. The predicted octanol–water partition coefficient (Wildman–Crippen LogP) is 6.05. The van der Waals surface area contributed by atoms with Gasteiger partial charge in [-0.15, -0.1) is 0 Å². The second-order valence-corrected chi connectivity index (χ2v) is 9.36. The fraction of sp³-hybridized carbons (Fsp3) is 0.161. The molecule has 192 valence electrons. The Hall–Kier alpha value is -4.62. The number of carbonyl (C=O) groups is 1. The van der Waals surface area contributed by atoms with E-state index in [-0.39, 0.29) is 6.03 Å². The van der Waals surface area contributed by atoms with Gasteiger partial charge in [-0.05, 0) is 84.9 Å². The van der Waals surface area contributed by atoms with E-state index in [9.17, 15) is 4.79 Å². The van der Waals surface area contributed by atoms with Crippen LogP contribution in [-0.4, -0.2) is 54.8 Å².